The number of benzene rings is 1. The van der Waals surface area contributed by atoms with Crippen molar-refractivity contribution in [2.45, 2.75) is 10.8 Å². The lowest BCUT2D eigenvalue weighted by molar-refractivity contribution is 0.192. The Morgan fingerprint density at radius 2 is 1.79 bits per heavy atom. The molecule has 1 N–H and O–H groups in total. The normalized spacial score (nSPS) is 16.2. The Morgan fingerprint density at radius 1 is 1.29 bits per heavy atom. The van der Waals surface area contributed by atoms with Crippen molar-refractivity contribution in [3.8, 4) is 0 Å². The topological polar surface area (TPSA) is 54.4 Å². The maximum Gasteiger partial charge on any atom is 0.167 e. The summed E-state index contributed by atoms with van der Waals surface area (Å²) in [7, 11) is -3.43. The van der Waals surface area contributed by atoms with Crippen LogP contribution in [0.2, 0.25) is 0 Å². The Hall–Kier alpha value is -0.580. The molecule has 1 aromatic carbocycles. The van der Waals surface area contributed by atoms with Crippen LogP contribution in [-0.2, 0) is 9.84 Å². The number of hydrogen-bond acceptors (Lipinski definition) is 3. The van der Waals surface area contributed by atoms with Gasteiger partial charge >= 0.3 is 0 Å². The van der Waals surface area contributed by atoms with E-state index in [1.807, 2.05) is 0 Å². The third-order valence-corrected chi connectivity index (χ3v) is 4.08. The highest BCUT2D eigenvalue weighted by Crippen LogP contribution is 2.24. The average Bonchev–Trinajstić information content (AvgIpc) is 2.15. The zero-order chi connectivity index (χ0) is 10.8. The van der Waals surface area contributed by atoms with Crippen LogP contribution >= 0.6 is 11.6 Å². The molecule has 0 bridgehead atoms. The highest BCUT2D eigenvalue weighted by atomic mass is 35.5. The molecule has 2 atom stereocenters. The number of rotatable bonds is 3. The molecular formula is C9H11ClO3S. The van der Waals surface area contributed by atoms with Gasteiger partial charge in [0, 0.05) is 6.26 Å². The molecule has 0 aliphatic heterocycles. The molecule has 0 aliphatic rings. The predicted octanol–water partition coefficient (Wildman–Crippen LogP) is 1.33. The molecule has 0 amide bonds. The van der Waals surface area contributed by atoms with Gasteiger partial charge in [-0.15, -0.1) is 11.6 Å². The molecule has 0 aromatic heterocycles. The minimum absolute atomic E-state index is 0.498. The van der Waals surface area contributed by atoms with Crippen LogP contribution in [-0.4, -0.2) is 24.5 Å². The Labute approximate surface area is 88.2 Å². The van der Waals surface area contributed by atoms with E-state index < -0.39 is 20.7 Å². The van der Waals surface area contributed by atoms with Crippen molar-refractivity contribution in [3.05, 3.63) is 35.9 Å². The van der Waals surface area contributed by atoms with Crippen LogP contribution in [0.15, 0.2) is 30.3 Å². The van der Waals surface area contributed by atoms with E-state index in [0.717, 1.165) is 6.26 Å². The molecule has 1 aromatic rings. The largest absolute Gasteiger partial charge is 0.386 e. The molecule has 0 saturated heterocycles. The summed E-state index contributed by atoms with van der Waals surface area (Å²) in [5.41, 5.74) is 0.498. The van der Waals surface area contributed by atoms with Crippen LogP contribution in [0.4, 0.5) is 0 Å². The third kappa shape index (κ3) is 2.70. The van der Waals surface area contributed by atoms with Gasteiger partial charge in [0.05, 0.1) is 0 Å². The van der Waals surface area contributed by atoms with E-state index in [2.05, 4.69) is 0 Å². The van der Waals surface area contributed by atoms with E-state index in [1.54, 1.807) is 30.3 Å². The average molecular weight is 235 g/mol. The fourth-order valence-corrected chi connectivity index (χ4v) is 1.81. The predicted molar refractivity (Wildman–Crippen MR) is 55.9 cm³/mol. The first kappa shape index (κ1) is 11.5. The zero-order valence-corrected chi connectivity index (χ0v) is 9.16. The lowest BCUT2D eigenvalue weighted by atomic mass is 10.1. The van der Waals surface area contributed by atoms with Crippen molar-refractivity contribution >= 4 is 21.4 Å². The lowest BCUT2D eigenvalue weighted by Crippen LogP contribution is -2.21. The number of sulfone groups is 1. The number of hydrogen-bond donors (Lipinski definition) is 1. The second-order valence-corrected chi connectivity index (χ2v) is 5.93. The minimum atomic E-state index is -3.43. The summed E-state index contributed by atoms with van der Waals surface area (Å²) in [4.78, 5) is 0. The van der Waals surface area contributed by atoms with E-state index in [4.69, 9.17) is 11.6 Å². The monoisotopic (exact) mass is 234 g/mol. The molecule has 5 heteroatoms. The molecule has 1 rings (SSSR count). The number of aliphatic hydroxyl groups excluding tert-OH is 1. The summed E-state index contributed by atoms with van der Waals surface area (Å²) in [6, 6.07) is 8.46. The highest BCUT2D eigenvalue weighted by Gasteiger charge is 2.27. The third-order valence-electron chi connectivity index (χ3n) is 1.80. The van der Waals surface area contributed by atoms with Gasteiger partial charge in [0.15, 0.2) is 14.5 Å². The van der Waals surface area contributed by atoms with Gasteiger partial charge in [-0.05, 0) is 5.56 Å². The number of alkyl halides is 1. The summed E-state index contributed by atoms with van der Waals surface area (Å²) in [5.74, 6) is 0. The summed E-state index contributed by atoms with van der Waals surface area (Å²) in [6.07, 6.45) is -0.190. The van der Waals surface area contributed by atoms with Crippen LogP contribution in [0, 0.1) is 0 Å². The number of aliphatic hydroxyl groups is 1. The van der Waals surface area contributed by atoms with E-state index in [9.17, 15) is 13.5 Å². The van der Waals surface area contributed by atoms with Gasteiger partial charge in [-0.2, -0.15) is 0 Å². The van der Waals surface area contributed by atoms with E-state index >= 15 is 0 Å². The van der Waals surface area contributed by atoms with Gasteiger partial charge in [0.25, 0.3) is 0 Å². The van der Waals surface area contributed by atoms with Gasteiger partial charge in [-0.1, -0.05) is 30.3 Å². The fraction of sp³-hybridized carbons (Fsp3) is 0.333. The summed E-state index contributed by atoms with van der Waals surface area (Å²) < 4.78 is 20.8. The Kier molecular flexibility index (Phi) is 3.53. The lowest BCUT2D eigenvalue weighted by Gasteiger charge is -2.15. The van der Waals surface area contributed by atoms with Gasteiger partial charge in [0.2, 0.25) is 0 Å². The zero-order valence-electron chi connectivity index (χ0n) is 7.59. The molecule has 0 saturated carbocycles. The summed E-state index contributed by atoms with van der Waals surface area (Å²) in [5, 5.41) is 9.61. The van der Waals surface area contributed by atoms with Crippen molar-refractivity contribution in [2.75, 3.05) is 6.26 Å². The molecule has 3 nitrogen and oxygen atoms in total. The molecule has 14 heavy (non-hydrogen) atoms. The first-order valence-electron chi connectivity index (χ1n) is 3.99. The maximum absolute atomic E-state index is 11.1. The fourth-order valence-electron chi connectivity index (χ4n) is 1.04. The summed E-state index contributed by atoms with van der Waals surface area (Å²) >= 11 is 5.60. The molecule has 0 radical (unpaired) electrons. The first-order chi connectivity index (χ1) is 6.43. The van der Waals surface area contributed by atoms with Crippen molar-refractivity contribution in [1.29, 1.82) is 0 Å². The smallest absolute Gasteiger partial charge is 0.167 e. The van der Waals surface area contributed by atoms with Crippen molar-refractivity contribution < 1.29 is 13.5 Å². The second kappa shape index (κ2) is 4.29. The van der Waals surface area contributed by atoms with Gasteiger partial charge in [-0.3, -0.25) is 0 Å². The molecular weight excluding hydrogens is 224 g/mol. The van der Waals surface area contributed by atoms with Crippen molar-refractivity contribution in [2.24, 2.45) is 0 Å². The minimum Gasteiger partial charge on any atom is -0.386 e. The molecule has 0 fully saturated rings. The Bertz CT molecular complexity index is 388. The van der Waals surface area contributed by atoms with Gasteiger partial charge in [0.1, 0.15) is 6.10 Å². The van der Waals surface area contributed by atoms with Crippen LogP contribution in [0.1, 0.15) is 11.7 Å². The molecule has 0 aliphatic carbocycles. The molecule has 0 heterocycles. The maximum atomic E-state index is 11.1. The van der Waals surface area contributed by atoms with Crippen LogP contribution in [0.25, 0.3) is 0 Å². The summed E-state index contributed by atoms with van der Waals surface area (Å²) in [6.45, 7) is 0. The quantitative estimate of drug-likeness (QED) is 0.803. The Morgan fingerprint density at radius 3 is 2.21 bits per heavy atom. The van der Waals surface area contributed by atoms with Crippen molar-refractivity contribution in [3.63, 3.8) is 0 Å². The SMILES string of the molecule is CS(=O)(=O)[C@H](Cl)[C@H](O)c1ccccc1. The standard InChI is InChI=1S/C9H11ClO3S/c1-14(12,13)9(10)8(11)7-5-3-2-4-6-7/h2-6,8-9,11H,1H3/t8-,9+/m1/s1. The van der Waals surface area contributed by atoms with Gasteiger partial charge < -0.3 is 5.11 Å². The number of halogens is 1. The van der Waals surface area contributed by atoms with Crippen LogP contribution < -0.4 is 0 Å². The van der Waals surface area contributed by atoms with E-state index in [-0.39, 0.29) is 0 Å². The first-order valence-corrected chi connectivity index (χ1v) is 6.38. The van der Waals surface area contributed by atoms with E-state index in [1.165, 1.54) is 0 Å². The van der Waals surface area contributed by atoms with Crippen molar-refractivity contribution in [1.82, 2.24) is 0 Å². The Balaban J connectivity index is 2.92. The molecule has 0 unspecified atom stereocenters. The highest BCUT2D eigenvalue weighted by molar-refractivity contribution is 7.92. The van der Waals surface area contributed by atoms with Crippen LogP contribution in [0.3, 0.4) is 0 Å². The van der Waals surface area contributed by atoms with Gasteiger partial charge in [-0.25, -0.2) is 8.42 Å². The second-order valence-electron chi connectivity index (χ2n) is 3.04. The van der Waals surface area contributed by atoms with Crippen LogP contribution in [0.5, 0.6) is 0 Å². The van der Waals surface area contributed by atoms with E-state index in [0.29, 0.717) is 5.56 Å². The molecule has 0 spiro atoms. The molecule has 78 valence electrons.